The van der Waals surface area contributed by atoms with Gasteiger partial charge in [0.05, 0.1) is 24.9 Å². The lowest BCUT2D eigenvalue weighted by Gasteiger charge is -2.13. The summed E-state index contributed by atoms with van der Waals surface area (Å²) in [4.78, 5) is 23.7. The van der Waals surface area contributed by atoms with Crippen molar-refractivity contribution >= 4 is 23.3 Å². The van der Waals surface area contributed by atoms with Crippen LogP contribution in [0.15, 0.2) is 48.5 Å². The molecule has 2 aromatic rings. The largest absolute Gasteiger partial charge is 0.465 e. The van der Waals surface area contributed by atoms with Gasteiger partial charge < -0.3 is 20.1 Å². The van der Waals surface area contributed by atoms with Gasteiger partial charge in [0.2, 0.25) is 5.91 Å². The van der Waals surface area contributed by atoms with E-state index in [0.717, 1.165) is 0 Å². The van der Waals surface area contributed by atoms with Crippen LogP contribution in [0.25, 0.3) is 0 Å². The van der Waals surface area contributed by atoms with Crippen molar-refractivity contribution in [1.82, 2.24) is 0 Å². The van der Waals surface area contributed by atoms with Gasteiger partial charge in [-0.2, -0.15) is 8.78 Å². The van der Waals surface area contributed by atoms with Crippen molar-refractivity contribution in [3.63, 3.8) is 0 Å². The third-order valence-electron chi connectivity index (χ3n) is 3.15. The lowest BCUT2D eigenvalue weighted by molar-refractivity contribution is -0.114. The van der Waals surface area contributed by atoms with Crippen LogP contribution in [0.4, 0.5) is 20.2 Å². The van der Waals surface area contributed by atoms with Crippen LogP contribution in [0.1, 0.15) is 10.4 Å². The van der Waals surface area contributed by atoms with Crippen molar-refractivity contribution in [2.24, 2.45) is 0 Å². The number of benzene rings is 2. The van der Waals surface area contributed by atoms with Gasteiger partial charge in [-0.1, -0.05) is 24.3 Å². The predicted octanol–water partition coefficient (Wildman–Crippen LogP) is 3.13. The first kappa shape index (κ1) is 18.2. The number of hydrogen-bond donors (Lipinski definition) is 2. The zero-order valence-corrected chi connectivity index (χ0v) is 13.3. The molecule has 0 aliphatic heterocycles. The van der Waals surface area contributed by atoms with Crippen molar-refractivity contribution in [3.8, 4) is 5.75 Å². The van der Waals surface area contributed by atoms with E-state index in [2.05, 4.69) is 20.1 Å². The Kier molecular flexibility index (Phi) is 6.27. The second-order valence-corrected chi connectivity index (χ2v) is 4.81. The highest BCUT2D eigenvalue weighted by molar-refractivity contribution is 5.98. The number of nitrogens with one attached hydrogen (secondary N) is 2. The Labute approximate surface area is 142 Å². The number of amides is 1. The monoisotopic (exact) mass is 350 g/mol. The molecule has 2 N–H and O–H groups in total. The molecular weight excluding hydrogens is 334 g/mol. The molecular formula is C17H16F2N2O4. The van der Waals surface area contributed by atoms with Crippen molar-refractivity contribution < 1.29 is 27.8 Å². The fourth-order valence-corrected chi connectivity index (χ4v) is 2.06. The third kappa shape index (κ3) is 5.17. The minimum Gasteiger partial charge on any atom is -0.465 e. The molecule has 0 atom stereocenters. The molecule has 0 aliphatic carbocycles. The highest BCUT2D eigenvalue weighted by Gasteiger charge is 2.14. The average molecular weight is 350 g/mol. The molecule has 0 saturated heterocycles. The number of para-hydroxylation sites is 3. The Morgan fingerprint density at radius 2 is 1.68 bits per heavy atom. The van der Waals surface area contributed by atoms with Gasteiger partial charge in [0, 0.05) is 5.69 Å². The van der Waals surface area contributed by atoms with E-state index < -0.39 is 18.5 Å². The predicted molar refractivity (Wildman–Crippen MR) is 88.0 cm³/mol. The SMILES string of the molecule is COC(=O)c1ccccc1NCC(=O)Nc1ccccc1OC(F)F. The molecule has 0 heterocycles. The first-order valence-corrected chi connectivity index (χ1v) is 7.26. The van der Waals surface area contributed by atoms with E-state index in [9.17, 15) is 18.4 Å². The van der Waals surface area contributed by atoms with Gasteiger partial charge in [-0.05, 0) is 24.3 Å². The van der Waals surface area contributed by atoms with Gasteiger partial charge in [-0.15, -0.1) is 0 Å². The number of esters is 1. The van der Waals surface area contributed by atoms with Gasteiger partial charge in [-0.3, -0.25) is 4.79 Å². The minimum absolute atomic E-state index is 0.121. The van der Waals surface area contributed by atoms with E-state index in [1.807, 2.05) is 0 Å². The van der Waals surface area contributed by atoms with Gasteiger partial charge >= 0.3 is 12.6 Å². The summed E-state index contributed by atoms with van der Waals surface area (Å²) in [6.07, 6.45) is 0. The number of ether oxygens (including phenoxy) is 2. The van der Waals surface area contributed by atoms with E-state index in [0.29, 0.717) is 5.69 Å². The number of anilines is 2. The zero-order chi connectivity index (χ0) is 18.2. The quantitative estimate of drug-likeness (QED) is 0.751. The van der Waals surface area contributed by atoms with Crippen LogP contribution in [0.2, 0.25) is 0 Å². The van der Waals surface area contributed by atoms with Crippen LogP contribution in [0.3, 0.4) is 0 Å². The normalized spacial score (nSPS) is 10.2. The molecule has 0 radical (unpaired) electrons. The van der Waals surface area contributed by atoms with Crippen LogP contribution in [-0.4, -0.2) is 32.1 Å². The lowest BCUT2D eigenvalue weighted by Crippen LogP contribution is -2.23. The molecule has 2 rings (SSSR count). The molecule has 2 aromatic carbocycles. The summed E-state index contributed by atoms with van der Waals surface area (Å²) in [5, 5.41) is 5.28. The summed E-state index contributed by atoms with van der Waals surface area (Å²) in [5.74, 6) is -1.18. The van der Waals surface area contributed by atoms with E-state index in [-0.39, 0.29) is 23.5 Å². The van der Waals surface area contributed by atoms with Gasteiger partial charge in [0.15, 0.2) is 0 Å². The van der Waals surface area contributed by atoms with Crippen LogP contribution in [0, 0.1) is 0 Å². The van der Waals surface area contributed by atoms with E-state index >= 15 is 0 Å². The molecule has 25 heavy (non-hydrogen) atoms. The molecule has 0 bridgehead atoms. The number of methoxy groups -OCH3 is 1. The Morgan fingerprint density at radius 1 is 1.04 bits per heavy atom. The number of hydrogen-bond acceptors (Lipinski definition) is 5. The van der Waals surface area contributed by atoms with Crippen molar-refractivity contribution in [2.75, 3.05) is 24.3 Å². The second kappa shape index (κ2) is 8.62. The summed E-state index contributed by atoms with van der Waals surface area (Å²) in [5.41, 5.74) is 0.816. The summed E-state index contributed by atoms with van der Waals surface area (Å²) in [6.45, 7) is -3.18. The van der Waals surface area contributed by atoms with Gasteiger partial charge in [0.1, 0.15) is 5.75 Å². The fourth-order valence-electron chi connectivity index (χ4n) is 2.06. The van der Waals surface area contributed by atoms with Crippen molar-refractivity contribution in [1.29, 1.82) is 0 Å². The summed E-state index contributed by atoms with van der Waals surface area (Å²) >= 11 is 0. The Morgan fingerprint density at radius 3 is 2.36 bits per heavy atom. The van der Waals surface area contributed by atoms with Crippen molar-refractivity contribution in [2.45, 2.75) is 6.61 Å². The highest BCUT2D eigenvalue weighted by atomic mass is 19.3. The molecule has 132 valence electrons. The maximum absolute atomic E-state index is 12.4. The topological polar surface area (TPSA) is 76.7 Å². The maximum Gasteiger partial charge on any atom is 0.387 e. The lowest BCUT2D eigenvalue weighted by atomic mass is 10.2. The Bertz CT molecular complexity index is 753. The molecule has 0 fully saturated rings. The Balaban J connectivity index is 2.02. The molecule has 8 heteroatoms. The number of alkyl halides is 2. The van der Waals surface area contributed by atoms with E-state index in [1.54, 1.807) is 30.3 Å². The van der Waals surface area contributed by atoms with E-state index in [1.165, 1.54) is 25.3 Å². The first-order valence-electron chi connectivity index (χ1n) is 7.26. The van der Waals surface area contributed by atoms with Gasteiger partial charge in [0.25, 0.3) is 0 Å². The van der Waals surface area contributed by atoms with Gasteiger partial charge in [-0.25, -0.2) is 4.79 Å². The first-order chi connectivity index (χ1) is 12.0. The zero-order valence-electron chi connectivity index (χ0n) is 13.3. The molecule has 0 spiro atoms. The standard InChI is InChI=1S/C17H16F2N2O4/c1-24-16(23)11-6-2-3-7-12(11)20-10-15(22)21-13-8-4-5-9-14(13)25-17(18)19/h2-9,17,20H,10H2,1H3,(H,21,22). The van der Waals surface area contributed by atoms with Crippen LogP contribution in [0.5, 0.6) is 5.75 Å². The Hall–Kier alpha value is -3.16. The highest BCUT2D eigenvalue weighted by Crippen LogP contribution is 2.25. The van der Waals surface area contributed by atoms with Crippen LogP contribution < -0.4 is 15.4 Å². The summed E-state index contributed by atoms with van der Waals surface area (Å²) < 4.78 is 33.7. The molecule has 1 amide bonds. The number of carbonyl (C=O) groups excluding carboxylic acids is 2. The third-order valence-corrected chi connectivity index (χ3v) is 3.15. The summed E-state index contributed by atoms with van der Waals surface area (Å²) in [7, 11) is 1.26. The maximum atomic E-state index is 12.4. The molecule has 6 nitrogen and oxygen atoms in total. The number of rotatable bonds is 7. The number of carbonyl (C=O) groups is 2. The molecule has 0 unspecified atom stereocenters. The van der Waals surface area contributed by atoms with Crippen LogP contribution in [-0.2, 0) is 9.53 Å². The molecule has 0 aliphatic rings. The fraction of sp³-hybridized carbons (Fsp3) is 0.176. The molecule has 0 saturated carbocycles. The van der Waals surface area contributed by atoms with Crippen LogP contribution >= 0.6 is 0 Å². The average Bonchev–Trinajstić information content (AvgIpc) is 2.61. The number of halogens is 2. The van der Waals surface area contributed by atoms with Crippen molar-refractivity contribution in [3.05, 3.63) is 54.1 Å². The minimum atomic E-state index is -3.00. The summed E-state index contributed by atoms with van der Waals surface area (Å²) in [6, 6.07) is 12.4. The second-order valence-electron chi connectivity index (χ2n) is 4.81. The molecule has 0 aromatic heterocycles. The van der Waals surface area contributed by atoms with E-state index in [4.69, 9.17) is 0 Å². The smallest absolute Gasteiger partial charge is 0.387 e.